The topological polar surface area (TPSA) is 35.6 Å². The summed E-state index contributed by atoms with van der Waals surface area (Å²) in [5, 5.41) is 3.55. The summed E-state index contributed by atoms with van der Waals surface area (Å²) >= 11 is 0. The molecular weight excluding hydrogens is 250 g/mol. The molecule has 2 saturated heterocycles. The molecule has 3 fully saturated rings. The van der Waals surface area contributed by atoms with Gasteiger partial charge in [-0.3, -0.25) is 15.0 Å². The highest BCUT2D eigenvalue weighted by atomic mass is 16.2. The minimum atomic E-state index is 0.00591. The van der Waals surface area contributed by atoms with E-state index in [0.717, 1.165) is 6.54 Å². The van der Waals surface area contributed by atoms with E-state index in [-0.39, 0.29) is 6.04 Å². The Morgan fingerprint density at radius 1 is 1.20 bits per heavy atom. The molecule has 3 atom stereocenters. The Labute approximate surface area is 122 Å². The molecule has 1 amide bonds. The Morgan fingerprint density at radius 2 is 1.85 bits per heavy atom. The number of nitrogens with zero attached hydrogens (tertiary/aromatic N) is 2. The van der Waals surface area contributed by atoms with E-state index >= 15 is 0 Å². The molecule has 20 heavy (non-hydrogen) atoms. The monoisotopic (exact) mass is 279 g/mol. The number of carbonyl (C=O) groups is 1. The first-order chi connectivity index (χ1) is 9.66. The number of amides is 1. The van der Waals surface area contributed by atoms with Crippen LogP contribution in [0.25, 0.3) is 0 Å². The smallest absolute Gasteiger partial charge is 0.240 e. The largest absolute Gasteiger partial charge is 0.324 e. The van der Waals surface area contributed by atoms with Gasteiger partial charge in [0, 0.05) is 12.6 Å². The molecule has 1 aliphatic carbocycles. The fraction of sp³-hybridized carbons (Fsp3) is 0.938. The number of rotatable bonds is 4. The van der Waals surface area contributed by atoms with Crippen molar-refractivity contribution in [1.29, 1.82) is 0 Å². The van der Waals surface area contributed by atoms with Gasteiger partial charge in [-0.1, -0.05) is 12.8 Å². The van der Waals surface area contributed by atoms with Crippen LogP contribution in [0.1, 0.15) is 52.4 Å². The van der Waals surface area contributed by atoms with E-state index in [9.17, 15) is 4.79 Å². The lowest BCUT2D eigenvalue weighted by molar-refractivity contribution is -0.131. The van der Waals surface area contributed by atoms with Crippen LogP contribution in [-0.4, -0.2) is 53.6 Å². The van der Waals surface area contributed by atoms with Crippen molar-refractivity contribution in [1.82, 2.24) is 15.1 Å². The van der Waals surface area contributed by atoms with Crippen LogP contribution in [0.3, 0.4) is 0 Å². The zero-order valence-corrected chi connectivity index (χ0v) is 13.0. The highest BCUT2D eigenvalue weighted by molar-refractivity contribution is 5.84. The van der Waals surface area contributed by atoms with Crippen molar-refractivity contribution in [3.05, 3.63) is 0 Å². The van der Waals surface area contributed by atoms with Crippen molar-refractivity contribution in [2.24, 2.45) is 5.92 Å². The molecule has 0 radical (unpaired) electrons. The van der Waals surface area contributed by atoms with Crippen LogP contribution in [0.15, 0.2) is 0 Å². The van der Waals surface area contributed by atoms with E-state index in [1.165, 1.54) is 51.6 Å². The van der Waals surface area contributed by atoms with E-state index in [1.54, 1.807) is 0 Å². The van der Waals surface area contributed by atoms with Gasteiger partial charge in [0.05, 0.1) is 12.2 Å². The maximum Gasteiger partial charge on any atom is 0.240 e. The Bertz CT molecular complexity index is 348. The number of hydrogen-bond acceptors (Lipinski definition) is 3. The molecule has 4 nitrogen and oxygen atoms in total. The van der Waals surface area contributed by atoms with Crippen LogP contribution in [0.2, 0.25) is 0 Å². The van der Waals surface area contributed by atoms with Gasteiger partial charge in [-0.25, -0.2) is 0 Å². The van der Waals surface area contributed by atoms with E-state index in [2.05, 4.69) is 22.0 Å². The second-order valence-electron chi connectivity index (χ2n) is 6.96. The Balaban J connectivity index is 1.65. The van der Waals surface area contributed by atoms with Gasteiger partial charge in [-0.15, -0.1) is 0 Å². The highest BCUT2D eigenvalue weighted by Crippen LogP contribution is 2.32. The SMILES string of the molecule is CC1NC(C2CCCC2)N(CC(C)N2CCCC2)C1=O. The Hall–Kier alpha value is -0.610. The second-order valence-corrected chi connectivity index (χ2v) is 6.96. The first kappa shape index (κ1) is 14.3. The molecule has 114 valence electrons. The van der Waals surface area contributed by atoms with Gasteiger partial charge in [0.2, 0.25) is 5.91 Å². The molecule has 0 aromatic heterocycles. The lowest BCUT2D eigenvalue weighted by Crippen LogP contribution is -2.48. The average Bonchev–Trinajstić information content (AvgIpc) is 3.15. The summed E-state index contributed by atoms with van der Waals surface area (Å²) in [4.78, 5) is 17.2. The molecule has 0 bridgehead atoms. The summed E-state index contributed by atoms with van der Waals surface area (Å²) in [6.07, 6.45) is 8.17. The quantitative estimate of drug-likeness (QED) is 0.852. The molecular formula is C16H29N3O. The van der Waals surface area contributed by atoms with Gasteiger partial charge in [0.1, 0.15) is 0 Å². The van der Waals surface area contributed by atoms with Gasteiger partial charge < -0.3 is 4.90 Å². The number of hydrogen-bond donors (Lipinski definition) is 1. The van der Waals surface area contributed by atoms with E-state index < -0.39 is 0 Å². The zero-order valence-electron chi connectivity index (χ0n) is 13.0. The van der Waals surface area contributed by atoms with Crippen molar-refractivity contribution in [3.8, 4) is 0 Å². The van der Waals surface area contributed by atoms with E-state index in [0.29, 0.717) is 24.0 Å². The van der Waals surface area contributed by atoms with Crippen molar-refractivity contribution >= 4 is 5.91 Å². The Morgan fingerprint density at radius 3 is 2.50 bits per heavy atom. The predicted octanol–water partition coefficient (Wildman–Crippen LogP) is 1.81. The van der Waals surface area contributed by atoms with Gasteiger partial charge >= 0.3 is 0 Å². The molecule has 3 rings (SSSR count). The fourth-order valence-electron chi connectivity index (χ4n) is 4.25. The Kier molecular flexibility index (Phi) is 4.32. The van der Waals surface area contributed by atoms with Crippen LogP contribution < -0.4 is 5.32 Å². The highest BCUT2D eigenvalue weighted by Gasteiger charge is 2.42. The minimum absolute atomic E-state index is 0.00591. The molecule has 3 aliphatic rings. The van der Waals surface area contributed by atoms with Crippen molar-refractivity contribution in [2.45, 2.75) is 70.6 Å². The van der Waals surface area contributed by atoms with E-state index in [1.807, 2.05) is 6.92 Å². The minimum Gasteiger partial charge on any atom is -0.324 e. The number of carbonyl (C=O) groups excluding carboxylic acids is 1. The van der Waals surface area contributed by atoms with E-state index in [4.69, 9.17) is 0 Å². The maximum absolute atomic E-state index is 12.5. The fourth-order valence-corrected chi connectivity index (χ4v) is 4.25. The first-order valence-corrected chi connectivity index (χ1v) is 8.47. The molecule has 1 N–H and O–H groups in total. The molecule has 4 heteroatoms. The maximum atomic E-state index is 12.5. The van der Waals surface area contributed by atoms with Gasteiger partial charge in [0.15, 0.2) is 0 Å². The van der Waals surface area contributed by atoms with Crippen molar-refractivity contribution in [3.63, 3.8) is 0 Å². The molecule has 0 aromatic rings. The lowest BCUT2D eigenvalue weighted by Gasteiger charge is -2.34. The standard InChI is InChI=1S/C16H29N3O/c1-12(18-9-5-6-10-18)11-19-15(14-7-3-4-8-14)17-13(2)16(19)20/h12-15,17H,3-11H2,1-2H3. The van der Waals surface area contributed by atoms with Gasteiger partial charge in [-0.2, -0.15) is 0 Å². The third kappa shape index (κ3) is 2.73. The van der Waals surface area contributed by atoms with Crippen LogP contribution in [-0.2, 0) is 4.79 Å². The summed E-state index contributed by atoms with van der Waals surface area (Å²) in [6, 6.07) is 0.504. The lowest BCUT2D eigenvalue weighted by atomic mass is 10.0. The molecule has 0 aromatic carbocycles. The normalized spacial score (nSPS) is 34.3. The summed E-state index contributed by atoms with van der Waals surface area (Å²) < 4.78 is 0. The van der Waals surface area contributed by atoms with Crippen LogP contribution >= 0.6 is 0 Å². The van der Waals surface area contributed by atoms with Crippen LogP contribution in [0.4, 0.5) is 0 Å². The van der Waals surface area contributed by atoms with Crippen molar-refractivity contribution < 1.29 is 4.79 Å². The molecule has 2 heterocycles. The molecule has 0 spiro atoms. The van der Waals surface area contributed by atoms with Gasteiger partial charge in [-0.05, 0) is 58.5 Å². The number of nitrogens with one attached hydrogen (secondary N) is 1. The predicted molar refractivity (Wildman–Crippen MR) is 80.3 cm³/mol. The number of likely N-dealkylation sites (tertiary alicyclic amines) is 1. The summed E-state index contributed by atoms with van der Waals surface area (Å²) in [5.74, 6) is 0.989. The summed E-state index contributed by atoms with van der Waals surface area (Å²) in [5.41, 5.74) is 0. The van der Waals surface area contributed by atoms with Crippen LogP contribution in [0.5, 0.6) is 0 Å². The van der Waals surface area contributed by atoms with Gasteiger partial charge in [0.25, 0.3) is 0 Å². The summed E-state index contributed by atoms with van der Waals surface area (Å²) in [6.45, 7) is 7.62. The third-order valence-corrected chi connectivity index (χ3v) is 5.48. The molecule has 1 saturated carbocycles. The zero-order chi connectivity index (χ0) is 14.1. The first-order valence-electron chi connectivity index (χ1n) is 8.47. The molecule has 3 unspecified atom stereocenters. The van der Waals surface area contributed by atoms with Crippen LogP contribution in [0, 0.1) is 5.92 Å². The average molecular weight is 279 g/mol. The summed E-state index contributed by atoms with van der Waals surface area (Å²) in [7, 11) is 0. The van der Waals surface area contributed by atoms with Crippen molar-refractivity contribution in [2.75, 3.05) is 19.6 Å². The molecule has 2 aliphatic heterocycles. The third-order valence-electron chi connectivity index (χ3n) is 5.48. The second kappa shape index (κ2) is 6.02.